The molecule has 0 radical (unpaired) electrons. The van der Waals surface area contributed by atoms with Crippen molar-refractivity contribution < 1.29 is 4.74 Å². The molecule has 0 unspecified atom stereocenters. The van der Waals surface area contributed by atoms with E-state index < -0.39 is 0 Å². The van der Waals surface area contributed by atoms with Crippen molar-refractivity contribution in [3.8, 4) is 11.8 Å². The second-order valence-electron chi connectivity index (χ2n) is 4.94. The summed E-state index contributed by atoms with van der Waals surface area (Å²) in [5.41, 5.74) is 6.73. The monoisotopic (exact) mass is 289 g/mol. The first kappa shape index (κ1) is 14.8. The molecule has 20 heavy (non-hydrogen) atoms. The lowest BCUT2D eigenvalue weighted by atomic mass is 10.1. The minimum absolute atomic E-state index is 0.293. The molecule has 0 atom stereocenters. The summed E-state index contributed by atoms with van der Waals surface area (Å²) in [5, 5.41) is 9.15. The minimum Gasteiger partial charge on any atom is -0.491 e. The highest BCUT2D eigenvalue weighted by Crippen LogP contribution is 2.19. The van der Waals surface area contributed by atoms with Crippen molar-refractivity contribution in [2.45, 2.75) is 19.3 Å². The average Bonchev–Trinajstić information content (AvgIpc) is 2.48. The number of likely N-dealkylation sites (tertiary alicyclic amines) is 1. The van der Waals surface area contributed by atoms with Crippen LogP contribution in [0.3, 0.4) is 0 Å². The van der Waals surface area contributed by atoms with Gasteiger partial charge in [0.2, 0.25) is 0 Å². The Morgan fingerprint density at radius 2 is 2.10 bits per heavy atom. The summed E-state index contributed by atoms with van der Waals surface area (Å²) in [6.45, 7) is 3.80. The van der Waals surface area contributed by atoms with Crippen LogP contribution in [0.5, 0.6) is 5.75 Å². The molecule has 0 amide bonds. The van der Waals surface area contributed by atoms with E-state index in [1.54, 1.807) is 18.2 Å². The third kappa shape index (κ3) is 3.92. The van der Waals surface area contributed by atoms with Crippen molar-refractivity contribution in [3.05, 3.63) is 29.3 Å². The summed E-state index contributed by atoms with van der Waals surface area (Å²) < 4.78 is 5.72. The Morgan fingerprint density at radius 1 is 1.35 bits per heavy atom. The van der Waals surface area contributed by atoms with Gasteiger partial charge in [-0.15, -0.1) is 0 Å². The average molecular weight is 289 g/mol. The Bertz CT molecular complexity index is 518. The lowest BCUT2D eigenvalue weighted by molar-refractivity contribution is 0.183. The number of nitriles is 1. The largest absolute Gasteiger partial charge is 0.491 e. The van der Waals surface area contributed by atoms with Crippen LogP contribution in [-0.2, 0) is 0 Å². The van der Waals surface area contributed by atoms with Crippen LogP contribution in [0.1, 0.15) is 30.4 Å². The van der Waals surface area contributed by atoms with Gasteiger partial charge in [-0.25, -0.2) is 0 Å². The topological polar surface area (TPSA) is 62.3 Å². The first-order chi connectivity index (χ1) is 9.70. The van der Waals surface area contributed by atoms with E-state index >= 15 is 0 Å². The molecule has 1 saturated heterocycles. The van der Waals surface area contributed by atoms with Gasteiger partial charge in [-0.2, -0.15) is 5.26 Å². The van der Waals surface area contributed by atoms with Crippen LogP contribution in [0, 0.1) is 11.3 Å². The lowest BCUT2D eigenvalue weighted by Gasteiger charge is -2.26. The number of hydrogen-bond donors (Lipinski definition) is 1. The van der Waals surface area contributed by atoms with Gasteiger partial charge in [0, 0.05) is 12.1 Å². The van der Waals surface area contributed by atoms with Crippen LogP contribution in [0.4, 0.5) is 0 Å². The van der Waals surface area contributed by atoms with E-state index in [1.165, 1.54) is 19.3 Å². The maximum Gasteiger partial charge on any atom is 0.137 e. The molecule has 1 aliphatic rings. The van der Waals surface area contributed by atoms with Gasteiger partial charge in [0.05, 0.1) is 5.56 Å². The Morgan fingerprint density at radius 3 is 2.75 bits per heavy atom. The van der Waals surface area contributed by atoms with Crippen LogP contribution in [-0.4, -0.2) is 36.1 Å². The van der Waals surface area contributed by atoms with Gasteiger partial charge in [-0.05, 0) is 44.1 Å². The zero-order chi connectivity index (χ0) is 14.4. The molecule has 1 aromatic carbocycles. The lowest BCUT2D eigenvalue weighted by Crippen LogP contribution is -2.33. The van der Waals surface area contributed by atoms with Crippen LogP contribution < -0.4 is 10.5 Å². The first-order valence-corrected chi connectivity index (χ1v) is 7.30. The van der Waals surface area contributed by atoms with E-state index in [4.69, 9.17) is 28.0 Å². The summed E-state index contributed by atoms with van der Waals surface area (Å²) in [7, 11) is 0. The minimum atomic E-state index is 0.293. The van der Waals surface area contributed by atoms with Crippen LogP contribution >= 0.6 is 12.2 Å². The smallest absolute Gasteiger partial charge is 0.137 e. The van der Waals surface area contributed by atoms with Gasteiger partial charge in [-0.1, -0.05) is 18.6 Å². The molecule has 4 nitrogen and oxygen atoms in total. The molecule has 106 valence electrons. The summed E-state index contributed by atoms with van der Waals surface area (Å²) in [6, 6.07) is 7.36. The Kier molecular flexibility index (Phi) is 5.33. The second-order valence-corrected chi connectivity index (χ2v) is 5.38. The van der Waals surface area contributed by atoms with Gasteiger partial charge in [0.15, 0.2) is 0 Å². The molecule has 1 fully saturated rings. The molecule has 5 heteroatoms. The molecule has 1 heterocycles. The fourth-order valence-electron chi connectivity index (χ4n) is 2.36. The highest BCUT2D eigenvalue weighted by molar-refractivity contribution is 7.80. The second kappa shape index (κ2) is 7.22. The quantitative estimate of drug-likeness (QED) is 0.841. The van der Waals surface area contributed by atoms with Crippen LogP contribution in [0.25, 0.3) is 0 Å². The van der Waals surface area contributed by atoms with E-state index in [1.807, 2.05) is 0 Å². The maximum atomic E-state index is 9.15. The number of thiocarbonyl (C=S) groups is 1. The van der Waals surface area contributed by atoms with E-state index in [-0.39, 0.29) is 0 Å². The van der Waals surface area contributed by atoms with Crippen molar-refractivity contribution in [1.82, 2.24) is 4.90 Å². The molecular formula is C15H19N3OS. The molecule has 0 aliphatic carbocycles. The highest BCUT2D eigenvalue weighted by Gasteiger charge is 2.11. The number of nitrogens with two attached hydrogens (primary N) is 1. The van der Waals surface area contributed by atoms with Gasteiger partial charge in [-0.3, -0.25) is 4.90 Å². The van der Waals surface area contributed by atoms with Crippen LogP contribution in [0.2, 0.25) is 0 Å². The zero-order valence-electron chi connectivity index (χ0n) is 11.5. The highest BCUT2D eigenvalue weighted by atomic mass is 32.1. The number of ether oxygens (including phenoxy) is 1. The van der Waals surface area contributed by atoms with E-state index in [0.717, 1.165) is 19.6 Å². The standard InChI is InChI=1S/C15H19N3OS/c16-11-13-10-12(15(17)20)4-5-14(13)19-9-8-18-6-2-1-3-7-18/h4-5,10H,1-3,6-9H2,(H2,17,20). The maximum absolute atomic E-state index is 9.15. The predicted molar refractivity (Wildman–Crippen MR) is 82.8 cm³/mol. The van der Waals surface area contributed by atoms with E-state index in [0.29, 0.717) is 28.5 Å². The SMILES string of the molecule is N#Cc1cc(C(N)=S)ccc1OCCN1CCCCC1. The van der Waals surface area contributed by atoms with Gasteiger partial charge in [0.25, 0.3) is 0 Å². The molecule has 0 saturated carbocycles. The molecule has 0 aromatic heterocycles. The van der Waals surface area contributed by atoms with Crippen molar-refractivity contribution in [3.63, 3.8) is 0 Å². The zero-order valence-corrected chi connectivity index (χ0v) is 12.3. The molecule has 1 aromatic rings. The third-order valence-corrected chi connectivity index (χ3v) is 3.73. The summed E-state index contributed by atoms with van der Waals surface area (Å²) in [4.78, 5) is 2.69. The summed E-state index contributed by atoms with van der Waals surface area (Å²) >= 11 is 4.91. The molecule has 2 rings (SSSR count). The Labute approximate surface area is 125 Å². The Balaban J connectivity index is 1.92. The first-order valence-electron chi connectivity index (χ1n) is 6.90. The number of hydrogen-bond acceptors (Lipinski definition) is 4. The van der Waals surface area contributed by atoms with E-state index in [2.05, 4.69) is 11.0 Å². The van der Waals surface area contributed by atoms with Crippen molar-refractivity contribution >= 4 is 17.2 Å². The van der Waals surface area contributed by atoms with E-state index in [9.17, 15) is 0 Å². The summed E-state index contributed by atoms with van der Waals surface area (Å²) in [5.74, 6) is 0.601. The fourth-order valence-corrected chi connectivity index (χ4v) is 2.49. The van der Waals surface area contributed by atoms with Gasteiger partial charge < -0.3 is 10.5 Å². The van der Waals surface area contributed by atoms with Gasteiger partial charge >= 0.3 is 0 Å². The molecular weight excluding hydrogens is 270 g/mol. The van der Waals surface area contributed by atoms with Crippen molar-refractivity contribution in [2.24, 2.45) is 5.73 Å². The van der Waals surface area contributed by atoms with Crippen molar-refractivity contribution in [2.75, 3.05) is 26.2 Å². The third-order valence-electron chi connectivity index (χ3n) is 3.50. The number of nitrogens with zero attached hydrogens (tertiary/aromatic N) is 2. The normalized spacial score (nSPS) is 15.6. The summed E-state index contributed by atoms with van der Waals surface area (Å²) in [6.07, 6.45) is 3.87. The number of benzene rings is 1. The van der Waals surface area contributed by atoms with Crippen molar-refractivity contribution in [1.29, 1.82) is 5.26 Å². The number of piperidine rings is 1. The van der Waals surface area contributed by atoms with Gasteiger partial charge in [0.1, 0.15) is 23.4 Å². The molecule has 1 aliphatic heterocycles. The molecule has 2 N–H and O–H groups in total. The fraction of sp³-hybridized carbons (Fsp3) is 0.467. The van der Waals surface area contributed by atoms with Crippen LogP contribution in [0.15, 0.2) is 18.2 Å². The number of rotatable bonds is 5. The molecule has 0 spiro atoms. The molecule has 0 bridgehead atoms. The predicted octanol–water partition coefficient (Wildman–Crippen LogP) is 2.06. The Hall–Kier alpha value is -1.64.